The monoisotopic (exact) mass is 527 g/mol. The maximum absolute atomic E-state index is 12.7. The first-order valence-corrected chi connectivity index (χ1v) is 13.9. The van der Waals surface area contributed by atoms with E-state index in [9.17, 15) is 9.90 Å². The van der Waals surface area contributed by atoms with Crippen molar-refractivity contribution in [3.8, 4) is 22.6 Å². The van der Waals surface area contributed by atoms with Crippen LogP contribution in [0, 0.1) is 11.8 Å². The largest absolute Gasteiger partial charge is 0.455 e. The van der Waals surface area contributed by atoms with Gasteiger partial charge in [-0.1, -0.05) is 6.07 Å². The maximum Gasteiger partial charge on any atom is 0.274 e. The van der Waals surface area contributed by atoms with E-state index in [1.165, 1.54) is 19.3 Å². The molecule has 6 rings (SSSR count). The van der Waals surface area contributed by atoms with E-state index in [1.54, 1.807) is 37.9 Å². The van der Waals surface area contributed by atoms with E-state index in [4.69, 9.17) is 9.72 Å². The second-order valence-electron chi connectivity index (χ2n) is 11.6. The van der Waals surface area contributed by atoms with Gasteiger partial charge in [-0.3, -0.25) is 4.79 Å². The normalized spacial score (nSPS) is 17.0. The molecule has 39 heavy (non-hydrogen) atoms. The number of aromatic amines is 1. The number of nitrogens with zero attached hydrogens (tertiary/aromatic N) is 3. The summed E-state index contributed by atoms with van der Waals surface area (Å²) in [6, 6.07) is 11.6. The Morgan fingerprint density at radius 1 is 1.08 bits per heavy atom. The van der Waals surface area contributed by atoms with Crippen LogP contribution in [0.15, 0.2) is 59.8 Å². The number of H-pyrrole nitrogens is 1. The lowest BCUT2D eigenvalue weighted by Gasteiger charge is -2.42. The fraction of sp³-hybridized carbons (Fsp3) is 0.419. The van der Waals surface area contributed by atoms with Crippen molar-refractivity contribution in [1.82, 2.24) is 19.9 Å². The smallest absolute Gasteiger partial charge is 0.274 e. The van der Waals surface area contributed by atoms with E-state index in [0.717, 1.165) is 65.9 Å². The van der Waals surface area contributed by atoms with Crippen LogP contribution in [-0.4, -0.2) is 45.8 Å². The number of fused-ring (bicyclic) bond motifs is 1. The van der Waals surface area contributed by atoms with Gasteiger partial charge in [-0.2, -0.15) is 0 Å². The summed E-state index contributed by atoms with van der Waals surface area (Å²) in [6.07, 6.45) is 9.28. The minimum Gasteiger partial charge on any atom is -0.455 e. The van der Waals surface area contributed by atoms with Crippen LogP contribution in [0.25, 0.3) is 22.0 Å². The van der Waals surface area contributed by atoms with E-state index >= 15 is 0 Å². The summed E-state index contributed by atoms with van der Waals surface area (Å²) in [5.41, 5.74) is 1.81. The molecule has 3 aromatic heterocycles. The predicted octanol–water partition coefficient (Wildman–Crippen LogP) is 4.77. The van der Waals surface area contributed by atoms with E-state index in [1.807, 2.05) is 42.6 Å². The number of ether oxygens (including phenoxy) is 1. The molecular weight excluding hydrogens is 490 g/mol. The van der Waals surface area contributed by atoms with Gasteiger partial charge in [-0.25, -0.2) is 4.98 Å². The molecule has 0 atom stereocenters. The molecule has 0 radical (unpaired) electrons. The molecule has 2 aliphatic rings. The number of aromatic nitrogens is 3. The molecule has 2 fully saturated rings. The summed E-state index contributed by atoms with van der Waals surface area (Å²) >= 11 is 0. The Hall–Kier alpha value is -3.62. The number of aryl methyl sites for hydroxylation is 1. The molecule has 5 heterocycles. The molecule has 0 saturated carbocycles. The molecule has 8 nitrogen and oxygen atoms in total. The highest BCUT2D eigenvalue weighted by Gasteiger charge is 2.30. The predicted molar refractivity (Wildman–Crippen MR) is 154 cm³/mol. The molecule has 0 spiro atoms. The Balaban J connectivity index is 1.23. The highest BCUT2D eigenvalue weighted by molar-refractivity contribution is 5.96. The summed E-state index contributed by atoms with van der Waals surface area (Å²) in [4.78, 5) is 22.8. The van der Waals surface area contributed by atoms with Crippen molar-refractivity contribution in [3.63, 3.8) is 0 Å². The summed E-state index contributed by atoms with van der Waals surface area (Å²) in [5.74, 6) is 3.87. The number of benzene rings is 1. The van der Waals surface area contributed by atoms with Crippen LogP contribution in [0.2, 0.25) is 0 Å². The zero-order valence-electron chi connectivity index (χ0n) is 22.9. The molecule has 0 bridgehead atoms. The number of hydrogen-bond donors (Lipinski definition) is 3. The number of nitrogens with one attached hydrogen (secondary N) is 2. The van der Waals surface area contributed by atoms with Gasteiger partial charge in [0.15, 0.2) is 0 Å². The van der Waals surface area contributed by atoms with Gasteiger partial charge in [0.1, 0.15) is 22.8 Å². The first-order valence-electron chi connectivity index (χ1n) is 13.9. The van der Waals surface area contributed by atoms with Gasteiger partial charge in [-0.15, -0.1) is 0 Å². The second kappa shape index (κ2) is 10.2. The highest BCUT2D eigenvalue weighted by atomic mass is 16.5. The van der Waals surface area contributed by atoms with Crippen molar-refractivity contribution < 1.29 is 9.84 Å². The Kier molecular flexibility index (Phi) is 6.69. The first kappa shape index (κ1) is 25.6. The number of piperidine rings is 1. The van der Waals surface area contributed by atoms with Gasteiger partial charge in [-0.05, 0) is 93.9 Å². The lowest BCUT2D eigenvalue weighted by Crippen LogP contribution is -2.48. The molecule has 3 N–H and O–H groups in total. The summed E-state index contributed by atoms with van der Waals surface area (Å²) < 4.78 is 7.94. The summed E-state index contributed by atoms with van der Waals surface area (Å²) in [6.45, 7) is 7.97. The van der Waals surface area contributed by atoms with Crippen molar-refractivity contribution in [2.45, 2.75) is 38.7 Å². The van der Waals surface area contributed by atoms with Crippen LogP contribution < -0.4 is 20.5 Å². The third kappa shape index (κ3) is 5.18. The molecule has 204 valence electrons. The van der Waals surface area contributed by atoms with Gasteiger partial charge in [0.05, 0.1) is 11.8 Å². The van der Waals surface area contributed by atoms with Gasteiger partial charge >= 0.3 is 0 Å². The molecule has 0 unspecified atom stereocenters. The Labute approximate surface area is 228 Å². The van der Waals surface area contributed by atoms with Crippen molar-refractivity contribution >= 4 is 16.7 Å². The molecule has 4 aromatic rings. The SMILES string of the molecule is Cn1cc(-c2cc(C(C)(C)O)ccc2Oc2ccc(N3CC(CC4CCNCC4)C3)nc2)c2cc[nH]c2c1=O. The fourth-order valence-electron chi connectivity index (χ4n) is 5.94. The minimum absolute atomic E-state index is 0.0939. The van der Waals surface area contributed by atoms with Crippen molar-refractivity contribution in [1.29, 1.82) is 0 Å². The van der Waals surface area contributed by atoms with Gasteiger partial charge in [0.2, 0.25) is 0 Å². The van der Waals surface area contributed by atoms with E-state index < -0.39 is 5.60 Å². The van der Waals surface area contributed by atoms with Crippen LogP contribution in [0.5, 0.6) is 11.5 Å². The number of aliphatic hydroxyl groups is 1. The van der Waals surface area contributed by atoms with Gasteiger partial charge in [0.25, 0.3) is 5.56 Å². The second-order valence-corrected chi connectivity index (χ2v) is 11.6. The standard InChI is InChI=1S/C31H37N5O3/c1-31(2,38)22-4-6-27(25(15-22)26-19-35(3)30(37)29-24(26)10-13-33-29)39-23-5-7-28(34-16-23)36-17-21(18-36)14-20-8-11-32-12-9-20/h4-7,10,13,15-16,19-21,32-33,38H,8-9,11-12,14,17-18H2,1-3H3. The Bertz CT molecular complexity index is 1520. The molecule has 1 aromatic carbocycles. The molecule has 2 saturated heterocycles. The fourth-order valence-corrected chi connectivity index (χ4v) is 5.94. The molecule has 0 aliphatic carbocycles. The minimum atomic E-state index is -1.03. The number of rotatable bonds is 7. The quantitative estimate of drug-likeness (QED) is 0.320. The van der Waals surface area contributed by atoms with Gasteiger partial charge < -0.3 is 29.6 Å². The molecular formula is C31H37N5O3. The van der Waals surface area contributed by atoms with Crippen molar-refractivity contribution in [2.24, 2.45) is 18.9 Å². The number of anilines is 1. The average molecular weight is 528 g/mol. The lowest BCUT2D eigenvalue weighted by atomic mass is 9.84. The topological polar surface area (TPSA) is 95.4 Å². The van der Waals surface area contributed by atoms with Crippen LogP contribution in [-0.2, 0) is 12.6 Å². The Morgan fingerprint density at radius 2 is 1.87 bits per heavy atom. The Morgan fingerprint density at radius 3 is 2.59 bits per heavy atom. The number of pyridine rings is 2. The molecule has 8 heteroatoms. The van der Waals surface area contributed by atoms with Crippen LogP contribution in [0.3, 0.4) is 0 Å². The van der Waals surface area contributed by atoms with E-state index in [0.29, 0.717) is 17.0 Å². The third-order valence-electron chi connectivity index (χ3n) is 8.23. The summed E-state index contributed by atoms with van der Waals surface area (Å²) in [5, 5.41) is 15.0. The molecule has 2 aliphatic heterocycles. The average Bonchev–Trinajstić information content (AvgIpc) is 3.40. The van der Waals surface area contributed by atoms with Crippen molar-refractivity contribution in [3.05, 3.63) is 70.9 Å². The lowest BCUT2D eigenvalue weighted by molar-refractivity contribution is 0.0786. The highest BCUT2D eigenvalue weighted by Crippen LogP contribution is 2.39. The molecule has 0 amide bonds. The van der Waals surface area contributed by atoms with Crippen LogP contribution in [0.4, 0.5) is 5.82 Å². The third-order valence-corrected chi connectivity index (χ3v) is 8.23. The van der Waals surface area contributed by atoms with E-state index in [2.05, 4.69) is 15.2 Å². The summed E-state index contributed by atoms with van der Waals surface area (Å²) in [7, 11) is 1.74. The number of hydrogen-bond acceptors (Lipinski definition) is 6. The van der Waals surface area contributed by atoms with Gasteiger partial charge in [0, 0.05) is 49.0 Å². The van der Waals surface area contributed by atoms with E-state index in [-0.39, 0.29) is 5.56 Å². The maximum atomic E-state index is 12.7. The van der Waals surface area contributed by atoms with Crippen LogP contribution in [0.1, 0.15) is 38.7 Å². The zero-order valence-corrected chi connectivity index (χ0v) is 22.9. The van der Waals surface area contributed by atoms with Crippen LogP contribution >= 0.6 is 0 Å². The first-order chi connectivity index (χ1) is 18.8. The zero-order chi connectivity index (χ0) is 27.1. The van der Waals surface area contributed by atoms with Crippen molar-refractivity contribution in [2.75, 3.05) is 31.1 Å².